The fourth-order valence-corrected chi connectivity index (χ4v) is 4.81. The normalized spacial score (nSPS) is 13.4. The molecule has 0 aliphatic rings. The molecule has 0 saturated heterocycles. The lowest BCUT2D eigenvalue weighted by atomic mass is 9.95. The lowest BCUT2D eigenvalue weighted by molar-refractivity contribution is -0.146. The molecule has 1 heterocycles. The molecule has 0 saturated carbocycles. The molecule has 36 heavy (non-hydrogen) atoms. The van der Waals surface area contributed by atoms with Gasteiger partial charge in [0.05, 0.1) is 10.4 Å². The molecular formula is C25H29F3N4O3S. The number of carboxylic acid groups (broad SMARTS) is 1. The quantitative estimate of drug-likeness (QED) is 0.371. The molecule has 1 atom stereocenters. The zero-order chi connectivity index (χ0) is 27.0. The maximum Gasteiger partial charge on any atom is 0.452 e. The molecule has 11 heteroatoms. The number of nitrogens with one attached hydrogen (secondary N) is 1. The van der Waals surface area contributed by atoms with Crippen molar-refractivity contribution in [1.82, 2.24) is 20.1 Å². The van der Waals surface area contributed by atoms with Gasteiger partial charge in [0.2, 0.25) is 11.7 Å². The molecule has 1 aromatic heterocycles. The van der Waals surface area contributed by atoms with E-state index in [1.165, 1.54) is 13.8 Å². The van der Waals surface area contributed by atoms with E-state index in [0.29, 0.717) is 5.39 Å². The Kier molecular flexibility index (Phi) is 7.73. The number of aromatic nitrogens is 3. The molecule has 1 amide bonds. The van der Waals surface area contributed by atoms with E-state index in [4.69, 9.17) is 0 Å². The minimum absolute atomic E-state index is 0.138. The van der Waals surface area contributed by atoms with Crippen molar-refractivity contribution in [3.05, 3.63) is 47.8 Å². The lowest BCUT2D eigenvalue weighted by Gasteiger charge is -2.27. The second-order valence-corrected chi connectivity index (χ2v) is 11.2. The number of thioether (sulfide) groups is 1. The molecule has 0 spiro atoms. The first-order valence-electron chi connectivity index (χ1n) is 11.4. The zero-order valence-electron chi connectivity index (χ0n) is 20.8. The summed E-state index contributed by atoms with van der Waals surface area (Å²) in [6.07, 6.45) is -4.80. The van der Waals surface area contributed by atoms with Crippen LogP contribution in [0.2, 0.25) is 0 Å². The first-order chi connectivity index (χ1) is 16.6. The predicted octanol–water partition coefficient (Wildman–Crippen LogP) is 5.66. The number of aliphatic carboxylic acids is 1. The topological polar surface area (TPSA) is 97.1 Å². The van der Waals surface area contributed by atoms with E-state index < -0.39 is 40.6 Å². The van der Waals surface area contributed by atoms with E-state index >= 15 is 0 Å². The molecule has 2 N–H and O–H groups in total. The van der Waals surface area contributed by atoms with Gasteiger partial charge in [-0.25, -0.2) is 4.79 Å². The number of hydrogen-bond donors (Lipinski definition) is 2. The summed E-state index contributed by atoms with van der Waals surface area (Å²) in [5, 5.41) is 20.4. The van der Waals surface area contributed by atoms with Gasteiger partial charge in [-0.3, -0.25) is 9.36 Å². The molecule has 3 aromatic rings. The summed E-state index contributed by atoms with van der Waals surface area (Å²) >= 11 is 0.781. The number of carbonyl (C=O) groups is 2. The van der Waals surface area contributed by atoms with Crippen LogP contribution < -0.4 is 5.32 Å². The Labute approximate surface area is 211 Å². The van der Waals surface area contributed by atoms with Crippen LogP contribution in [0, 0.1) is 5.92 Å². The molecular weight excluding hydrogens is 493 g/mol. The Morgan fingerprint density at radius 1 is 1.00 bits per heavy atom. The molecule has 0 radical (unpaired) electrons. The monoisotopic (exact) mass is 522 g/mol. The number of halogens is 3. The maximum atomic E-state index is 14.0. The summed E-state index contributed by atoms with van der Waals surface area (Å²) in [5.74, 6) is -3.30. The number of alkyl halides is 3. The molecule has 194 valence electrons. The van der Waals surface area contributed by atoms with Crippen molar-refractivity contribution in [3.63, 3.8) is 0 Å². The third-order valence-corrected chi connectivity index (χ3v) is 6.94. The van der Waals surface area contributed by atoms with Crippen molar-refractivity contribution < 1.29 is 27.9 Å². The van der Waals surface area contributed by atoms with Crippen LogP contribution in [0.4, 0.5) is 13.2 Å². The number of carboxylic acids is 1. The number of rotatable bonds is 8. The Hall–Kier alpha value is -3.08. The minimum Gasteiger partial charge on any atom is -0.480 e. The largest absolute Gasteiger partial charge is 0.480 e. The van der Waals surface area contributed by atoms with Crippen LogP contribution in [-0.2, 0) is 15.8 Å². The van der Waals surface area contributed by atoms with E-state index in [1.54, 1.807) is 38.1 Å². The molecule has 0 fully saturated rings. The molecule has 0 aliphatic carbocycles. The summed E-state index contributed by atoms with van der Waals surface area (Å²) < 4.78 is 41.6. The highest BCUT2D eigenvalue weighted by atomic mass is 32.2. The van der Waals surface area contributed by atoms with E-state index in [1.807, 2.05) is 26.0 Å². The first-order valence-corrected chi connectivity index (χ1v) is 12.2. The number of amides is 1. The van der Waals surface area contributed by atoms with Crippen molar-refractivity contribution in [2.45, 2.75) is 69.6 Å². The number of hydrogen-bond acceptors (Lipinski definition) is 5. The van der Waals surface area contributed by atoms with Crippen LogP contribution in [0.15, 0.2) is 41.6 Å². The summed E-state index contributed by atoms with van der Waals surface area (Å²) in [5.41, 5.74) is 1.22. The van der Waals surface area contributed by atoms with Crippen molar-refractivity contribution >= 4 is 34.4 Å². The van der Waals surface area contributed by atoms with Crippen molar-refractivity contribution in [2.75, 3.05) is 0 Å². The maximum absolute atomic E-state index is 14.0. The zero-order valence-corrected chi connectivity index (χ0v) is 21.7. The number of fused-ring (bicyclic) bond motifs is 1. The molecule has 3 rings (SSSR count). The Bertz CT molecular complexity index is 1290. The molecule has 0 bridgehead atoms. The fraction of sp³-hybridized carbons (Fsp3) is 0.440. The van der Waals surface area contributed by atoms with Gasteiger partial charge in [0.15, 0.2) is 5.16 Å². The Balaban J connectivity index is 2.14. The highest BCUT2D eigenvalue weighted by Gasteiger charge is 2.42. The van der Waals surface area contributed by atoms with Crippen LogP contribution in [-0.4, -0.2) is 42.5 Å². The summed E-state index contributed by atoms with van der Waals surface area (Å²) in [7, 11) is 0. The van der Waals surface area contributed by atoms with Gasteiger partial charge in [-0.1, -0.05) is 69.8 Å². The standard InChI is InChI=1S/C25H29F3N4O3S/c1-13(2)15-11-12-18(17-10-8-7-9-16(15)17)32-21(25(26,27)28)30-31-23(32)36-24(5,6)22(35)29-19(14(3)4)20(33)34/h7-14,19H,1-6H3,(H,29,35)(H,33,34). The number of benzene rings is 2. The van der Waals surface area contributed by atoms with Gasteiger partial charge in [0.1, 0.15) is 6.04 Å². The van der Waals surface area contributed by atoms with Gasteiger partial charge >= 0.3 is 12.1 Å². The van der Waals surface area contributed by atoms with Crippen molar-refractivity contribution in [1.29, 1.82) is 0 Å². The number of carbonyl (C=O) groups excluding carboxylic acids is 1. The van der Waals surface area contributed by atoms with Gasteiger partial charge in [-0.15, -0.1) is 10.2 Å². The summed E-state index contributed by atoms with van der Waals surface area (Å²) in [6.45, 7) is 10.3. The van der Waals surface area contributed by atoms with Crippen molar-refractivity contribution in [3.8, 4) is 5.69 Å². The fourth-order valence-electron chi connectivity index (χ4n) is 3.84. The molecule has 2 aromatic carbocycles. The second kappa shape index (κ2) is 10.1. The Morgan fingerprint density at radius 2 is 1.61 bits per heavy atom. The first kappa shape index (κ1) is 27.5. The highest BCUT2D eigenvalue weighted by Crippen LogP contribution is 2.40. The average Bonchev–Trinajstić information content (AvgIpc) is 3.18. The average molecular weight is 523 g/mol. The molecule has 1 unspecified atom stereocenters. The molecule has 0 aliphatic heterocycles. The minimum atomic E-state index is -4.80. The predicted molar refractivity (Wildman–Crippen MR) is 132 cm³/mol. The van der Waals surface area contributed by atoms with Crippen LogP contribution in [0.3, 0.4) is 0 Å². The van der Waals surface area contributed by atoms with E-state index in [9.17, 15) is 27.9 Å². The summed E-state index contributed by atoms with van der Waals surface area (Å²) in [6, 6.07) is 9.41. The van der Waals surface area contributed by atoms with Crippen LogP contribution in [0.25, 0.3) is 16.5 Å². The van der Waals surface area contributed by atoms with Crippen molar-refractivity contribution in [2.24, 2.45) is 5.92 Å². The third-order valence-electron chi connectivity index (χ3n) is 5.80. The van der Waals surface area contributed by atoms with Crippen LogP contribution >= 0.6 is 11.8 Å². The van der Waals surface area contributed by atoms with Gasteiger partial charge in [0.25, 0.3) is 0 Å². The summed E-state index contributed by atoms with van der Waals surface area (Å²) in [4.78, 5) is 24.5. The lowest BCUT2D eigenvalue weighted by Crippen LogP contribution is -2.50. The number of nitrogens with zero attached hydrogens (tertiary/aromatic N) is 3. The SMILES string of the molecule is CC(C)c1ccc(-n2c(SC(C)(C)C(=O)NC(C(=O)O)C(C)C)nnc2C(F)(F)F)c2ccccc12. The van der Waals surface area contributed by atoms with E-state index in [0.717, 1.165) is 27.3 Å². The highest BCUT2D eigenvalue weighted by molar-refractivity contribution is 8.01. The second-order valence-electron chi connectivity index (χ2n) is 9.66. The van der Waals surface area contributed by atoms with E-state index in [2.05, 4.69) is 15.5 Å². The van der Waals surface area contributed by atoms with Gasteiger partial charge in [-0.05, 0) is 42.7 Å². The molecule has 7 nitrogen and oxygen atoms in total. The smallest absolute Gasteiger partial charge is 0.452 e. The third kappa shape index (κ3) is 5.50. The van der Waals surface area contributed by atoms with Gasteiger partial charge < -0.3 is 10.4 Å². The van der Waals surface area contributed by atoms with Crippen LogP contribution in [0.1, 0.15) is 58.8 Å². The van der Waals surface area contributed by atoms with Gasteiger partial charge in [-0.2, -0.15) is 13.2 Å². The van der Waals surface area contributed by atoms with Gasteiger partial charge in [0, 0.05) is 5.39 Å². The van der Waals surface area contributed by atoms with Crippen LogP contribution in [0.5, 0.6) is 0 Å². The Morgan fingerprint density at radius 3 is 2.14 bits per heavy atom. The van der Waals surface area contributed by atoms with E-state index in [-0.39, 0.29) is 16.8 Å².